The lowest BCUT2D eigenvalue weighted by molar-refractivity contribution is -0.136. The molecule has 0 fully saturated rings. The van der Waals surface area contributed by atoms with Crippen molar-refractivity contribution in [2.45, 2.75) is 26.8 Å². The Kier molecular flexibility index (Phi) is 5.49. The minimum absolute atomic E-state index is 0.0126. The molecule has 3 rings (SSSR count). The molecule has 2 aromatic rings. The molecule has 9 nitrogen and oxygen atoms in total. The molecule has 0 spiro atoms. The molecule has 0 aliphatic carbocycles. The molecule has 0 saturated heterocycles. The Balaban J connectivity index is 1.76. The molecule has 1 aliphatic rings. The molecule has 0 radical (unpaired) electrons. The van der Waals surface area contributed by atoms with Crippen LogP contribution in [-0.2, 0) is 14.4 Å². The zero-order valence-corrected chi connectivity index (χ0v) is 16.3. The lowest BCUT2D eigenvalue weighted by atomic mass is 10.1. The lowest BCUT2D eigenvalue weighted by Gasteiger charge is -2.15. The highest BCUT2D eigenvalue weighted by molar-refractivity contribution is 6.39. The normalized spacial score (nSPS) is 14.7. The number of aromatic nitrogens is 2. The van der Waals surface area contributed by atoms with Gasteiger partial charge in [-0.3, -0.25) is 14.4 Å². The third-order valence-corrected chi connectivity index (χ3v) is 4.28. The van der Waals surface area contributed by atoms with Crippen LogP contribution in [0.4, 0.5) is 5.82 Å². The number of hydrogen-bond donors (Lipinski definition) is 2. The van der Waals surface area contributed by atoms with E-state index in [4.69, 9.17) is 0 Å². The summed E-state index contributed by atoms with van der Waals surface area (Å²) in [6, 6.07) is 10.5. The third kappa shape index (κ3) is 4.34. The van der Waals surface area contributed by atoms with Crippen molar-refractivity contribution in [2.75, 3.05) is 5.32 Å². The van der Waals surface area contributed by atoms with Crippen LogP contribution in [0.15, 0.2) is 58.5 Å². The summed E-state index contributed by atoms with van der Waals surface area (Å²) in [6.45, 7) is 8.72. The van der Waals surface area contributed by atoms with Gasteiger partial charge in [-0.05, 0) is 26.3 Å². The number of amides is 3. The number of aliphatic imine (C=N–C) groups is 2. The van der Waals surface area contributed by atoms with E-state index in [-0.39, 0.29) is 23.4 Å². The molecule has 0 saturated carbocycles. The van der Waals surface area contributed by atoms with E-state index in [2.05, 4.69) is 32.3 Å². The van der Waals surface area contributed by atoms with E-state index in [1.807, 2.05) is 30.3 Å². The average molecular weight is 392 g/mol. The highest BCUT2D eigenvalue weighted by Gasteiger charge is 2.23. The molecule has 0 bridgehead atoms. The Labute approximate surface area is 167 Å². The van der Waals surface area contributed by atoms with Crippen molar-refractivity contribution in [3.8, 4) is 0 Å². The SMILES string of the molecule is C=C1C(=O)N=C(n2nc(C)cc2NC(=O)C(=O)NC(C)c2ccccc2)N=C1C. The zero-order chi connectivity index (χ0) is 21.1. The number of aryl methyl sites for hydroxylation is 1. The van der Waals surface area contributed by atoms with Gasteiger partial charge in [0.05, 0.1) is 23.0 Å². The Hall–Kier alpha value is -3.88. The van der Waals surface area contributed by atoms with Gasteiger partial charge >= 0.3 is 11.8 Å². The number of hydrogen-bond acceptors (Lipinski definition) is 5. The summed E-state index contributed by atoms with van der Waals surface area (Å²) in [5, 5.41) is 9.33. The fourth-order valence-corrected chi connectivity index (χ4v) is 2.65. The van der Waals surface area contributed by atoms with Crippen molar-refractivity contribution in [3.05, 3.63) is 59.8 Å². The Morgan fingerprint density at radius 3 is 2.45 bits per heavy atom. The molecule has 9 heteroatoms. The standard InChI is InChI=1S/C20H20N6O3/c1-11-10-16(26(25-11)20-22-13(3)12(2)17(27)24-20)23-19(29)18(28)21-14(4)15-8-6-5-7-9-15/h5-10,14H,2H2,1,3-4H3,(H,21,28)(H,23,29). The fraction of sp³-hybridized carbons (Fsp3) is 0.200. The van der Waals surface area contributed by atoms with Gasteiger partial charge in [-0.1, -0.05) is 36.9 Å². The molecule has 2 heterocycles. The van der Waals surface area contributed by atoms with E-state index in [9.17, 15) is 14.4 Å². The molecule has 1 aromatic heterocycles. The minimum Gasteiger partial charge on any atom is -0.341 e. The Morgan fingerprint density at radius 2 is 1.79 bits per heavy atom. The number of nitrogens with zero attached hydrogens (tertiary/aromatic N) is 4. The number of anilines is 1. The van der Waals surface area contributed by atoms with Gasteiger partial charge in [0.25, 0.3) is 11.9 Å². The van der Waals surface area contributed by atoms with Crippen molar-refractivity contribution in [3.63, 3.8) is 0 Å². The van der Waals surface area contributed by atoms with Crippen LogP contribution in [0.1, 0.15) is 31.1 Å². The molecular weight excluding hydrogens is 372 g/mol. The first-order chi connectivity index (χ1) is 13.8. The third-order valence-electron chi connectivity index (χ3n) is 4.28. The molecule has 29 heavy (non-hydrogen) atoms. The second kappa shape index (κ2) is 8.01. The van der Waals surface area contributed by atoms with Crippen LogP contribution in [-0.4, -0.2) is 39.2 Å². The predicted octanol–water partition coefficient (Wildman–Crippen LogP) is 1.77. The summed E-state index contributed by atoms with van der Waals surface area (Å²) in [5.74, 6) is -2.05. The summed E-state index contributed by atoms with van der Waals surface area (Å²) < 4.78 is 1.20. The molecular formula is C20H20N6O3. The van der Waals surface area contributed by atoms with Crippen LogP contribution in [0.25, 0.3) is 0 Å². The largest absolute Gasteiger partial charge is 0.341 e. The summed E-state index contributed by atoms with van der Waals surface area (Å²) in [7, 11) is 0. The number of benzene rings is 1. The number of nitrogens with one attached hydrogen (secondary N) is 2. The average Bonchev–Trinajstić information content (AvgIpc) is 3.06. The first kappa shape index (κ1) is 19.9. The van der Waals surface area contributed by atoms with Crippen molar-refractivity contribution in [1.29, 1.82) is 0 Å². The predicted molar refractivity (Wildman–Crippen MR) is 109 cm³/mol. The summed E-state index contributed by atoms with van der Waals surface area (Å²) in [6.07, 6.45) is 0. The van der Waals surface area contributed by atoms with Gasteiger partial charge in [-0.2, -0.15) is 14.8 Å². The molecule has 1 unspecified atom stereocenters. The molecule has 1 aliphatic heterocycles. The van der Waals surface area contributed by atoms with Gasteiger partial charge in [0.1, 0.15) is 5.82 Å². The van der Waals surface area contributed by atoms with E-state index in [0.717, 1.165) is 5.56 Å². The number of carbonyl (C=O) groups is 3. The zero-order valence-electron chi connectivity index (χ0n) is 16.3. The monoisotopic (exact) mass is 392 g/mol. The maximum atomic E-state index is 12.4. The molecule has 148 valence electrons. The van der Waals surface area contributed by atoms with E-state index >= 15 is 0 Å². The second-order valence-corrected chi connectivity index (χ2v) is 6.54. The second-order valence-electron chi connectivity index (χ2n) is 6.54. The Bertz CT molecular complexity index is 1070. The van der Waals surface area contributed by atoms with Gasteiger partial charge < -0.3 is 10.6 Å². The molecule has 1 atom stereocenters. The maximum absolute atomic E-state index is 12.4. The number of rotatable bonds is 3. The first-order valence-electron chi connectivity index (χ1n) is 8.87. The first-order valence-corrected chi connectivity index (χ1v) is 8.87. The van der Waals surface area contributed by atoms with E-state index in [1.54, 1.807) is 26.8 Å². The van der Waals surface area contributed by atoms with Gasteiger partial charge in [-0.15, -0.1) is 0 Å². The smallest absolute Gasteiger partial charge is 0.314 e. The highest BCUT2D eigenvalue weighted by atomic mass is 16.2. The topological polar surface area (TPSA) is 118 Å². The van der Waals surface area contributed by atoms with E-state index < -0.39 is 17.7 Å². The fourth-order valence-electron chi connectivity index (χ4n) is 2.65. The number of carbonyl (C=O) groups excluding carboxylic acids is 3. The van der Waals surface area contributed by atoms with Crippen molar-refractivity contribution < 1.29 is 14.4 Å². The minimum atomic E-state index is -0.873. The maximum Gasteiger partial charge on any atom is 0.314 e. The summed E-state index contributed by atoms with van der Waals surface area (Å²) >= 11 is 0. The van der Waals surface area contributed by atoms with Crippen LogP contribution in [0.3, 0.4) is 0 Å². The van der Waals surface area contributed by atoms with E-state index in [0.29, 0.717) is 11.4 Å². The van der Waals surface area contributed by atoms with Crippen LogP contribution in [0.2, 0.25) is 0 Å². The van der Waals surface area contributed by atoms with Gasteiger partial charge in [0.15, 0.2) is 0 Å². The molecule has 2 N–H and O–H groups in total. The van der Waals surface area contributed by atoms with E-state index in [1.165, 1.54) is 4.68 Å². The lowest BCUT2D eigenvalue weighted by Crippen LogP contribution is -2.37. The van der Waals surface area contributed by atoms with Gasteiger partial charge in [0, 0.05) is 6.07 Å². The van der Waals surface area contributed by atoms with Crippen molar-refractivity contribution >= 4 is 35.2 Å². The summed E-state index contributed by atoms with van der Waals surface area (Å²) in [5.41, 5.74) is 2.01. The van der Waals surface area contributed by atoms with Crippen LogP contribution in [0.5, 0.6) is 0 Å². The van der Waals surface area contributed by atoms with Crippen molar-refractivity contribution in [1.82, 2.24) is 15.1 Å². The molecule has 1 aromatic carbocycles. The molecule has 3 amide bonds. The van der Waals surface area contributed by atoms with Crippen LogP contribution in [0, 0.1) is 6.92 Å². The summed E-state index contributed by atoms with van der Waals surface area (Å²) in [4.78, 5) is 44.6. The van der Waals surface area contributed by atoms with Crippen LogP contribution < -0.4 is 10.6 Å². The Morgan fingerprint density at radius 1 is 1.10 bits per heavy atom. The van der Waals surface area contributed by atoms with Crippen molar-refractivity contribution in [2.24, 2.45) is 9.98 Å². The highest BCUT2D eigenvalue weighted by Crippen LogP contribution is 2.15. The quantitative estimate of drug-likeness (QED) is 0.611. The van der Waals surface area contributed by atoms with Gasteiger partial charge in [0.2, 0.25) is 0 Å². The van der Waals surface area contributed by atoms with Crippen LogP contribution >= 0.6 is 0 Å². The van der Waals surface area contributed by atoms with Gasteiger partial charge in [-0.25, -0.2) is 4.99 Å².